The standard InChI is InChI=1S/C9H10N2O3/c1-14-6-4-8-7(10-5-6)2-3-11(8)9(12)13/h4-5H,2-3H2,1H3,(H,12,13). The minimum atomic E-state index is -0.946. The molecule has 5 heteroatoms. The second kappa shape index (κ2) is 3.17. The van der Waals surface area contributed by atoms with Crippen LogP contribution in [0.25, 0.3) is 0 Å². The van der Waals surface area contributed by atoms with E-state index in [2.05, 4.69) is 4.98 Å². The molecule has 0 bridgehead atoms. The summed E-state index contributed by atoms with van der Waals surface area (Å²) in [7, 11) is 1.53. The highest BCUT2D eigenvalue weighted by Gasteiger charge is 2.25. The smallest absolute Gasteiger partial charge is 0.411 e. The van der Waals surface area contributed by atoms with Crippen LogP contribution in [0, 0.1) is 0 Å². The minimum Gasteiger partial charge on any atom is -0.495 e. The van der Waals surface area contributed by atoms with Crippen molar-refractivity contribution in [2.24, 2.45) is 0 Å². The molecule has 1 amide bonds. The number of carbonyl (C=O) groups is 1. The van der Waals surface area contributed by atoms with Crippen LogP contribution in [-0.2, 0) is 6.42 Å². The summed E-state index contributed by atoms with van der Waals surface area (Å²) in [5.74, 6) is 0.580. The van der Waals surface area contributed by atoms with E-state index in [-0.39, 0.29) is 0 Å². The first-order chi connectivity index (χ1) is 6.72. The van der Waals surface area contributed by atoms with Gasteiger partial charge in [-0.1, -0.05) is 0 Å². The molecule has 0 aliphatic carbocycles. The lowest BCUT2D eigenvalue weighted by Crippen LogP contribution is -2.26. The molecule has 2 heterocycles. The third-order valence-electron chi connectivity index (χ3n) is 2.25. The normalized spacial score (nSPS) is 13.9. The van der Waals surface area contributed by atoms with Gasteiger partial charge in [0.05, 0.1) is 24.7 Å². The Morgan fingerprint density at radius 2 is 2.50 bits per heavy atom. The van der Waals surface area contributed by atoms with Gasteiger partial charge in [0.15, 0.2) is 0 Å². The molecule has 0 spiro atoms. The minimum absolute atomic E-state index is 0.477. The molecule has 0 saturated carbocycles. The predicted molar refractivity (Wildman–Crippen MR) is 49.9 cm³/mol. The van der Waals surface area contributed by atoms with E-state index in [1.165, 1.54) is 12.0 Å². The zero-order chi connectivity index (χ0) is 10.1. The topological polar surface area (TPSA) is 62.7 Å². The van der Waals surface area contributed by atoms with E-state index in [0.717, 1.165) is 5.69 Å². The average Bonchev–Trinajstić information content (AvgIpc) is 2.59. The maximum Gasteiger partial charge on any atom is 0.411 e. The van der Waals surface area contributed by atoms with Crippen molar-refractivity contribution in [3.63, 3.8) is 0 Å². The molecule has 1 N–H and O–H groups in total. The fraction of sp³-hybridized carbons (Fsp3) is 0.333. The molecule has 0 aromatic carbocycles. The molecule has 1 aliphatic heterocycles. The van der Waals surface area contributed by atoms with Crippen LogP contribution in [0.2, 0.25) is 0 Å². The summed E-state index contributed by atoms with van der Waals surface area (Å²) in [4.78, 5) is 16.2. The summed E-state index contributed by atoms with van der Waals surface area (Å²) >= 11 is 0. The van der Waals surface area contributed by atoms with Crippen LogP contribution < -0.4 is 9.64 Å². The second-order valence-electron chi connectivity index (χ2n) is 3.03. The number of hydrogen-bond donors (Lipinski definition) is 1. The van der Waals surface area contributed by atoms with Crippen molar-refractivity contribution in [1.29, 1.82) is 0 Å². The first-order valence-corrected chi connectivity index (χ1v) is 4.25. The summed E-state index contributed by atoms with van der Waals surface area (Å²) in [6, 6.07) is 1.70. The van der Waals surface area contributed by atoms with Crippen molar-refractivity contribution in [2.45, 2.75) is 6.42 Å². The van der Waals surface area contributed by atoms with Gasteiger partial charge < -0.3 is 9.84 Å². The monoisotopic (exact) mass is 194 g/mol. The van der Waals surface area contributed by atoms with Gasteiger partial charge in [-0.15, -0.1) is 0 Å². The van der Waals surface area contributed by atoms with Crippen molar-refractivity contribution in [3.8, 4) is 5.75 Å². The zero-order valence-corrected chi connectivity index (χ0v) is 7.73. The molecule has 0 radical (unpaired) electrons. The Bertz CT molecular complexity index is 378. The maximum absolute atomic E-state index is 10.8. The molecule has 0 atom stereocenters. The van der Waals surface area contributed by atoms with Crippen LogP contribution in [0.15, 0.2) is 12.3 Å². The fourth-order valence-electron chi connectivity index (χ4n) is 1.54. The molecule has 1 aliphatic rings. The summed E-state index contributed by atoms with van der Waals surface area (Å²) in [6.45, 7) is 0.477. The third-order valence-corrected chi connectivity index (χ3v) is 2.25. The lowest BCUT2D eigenvalue weighted by atomic mass is 10.3. The lowest BCUT2D eigenvalue weighted by Gasteiger charge is -2.12. The largest absolute Gasteiger partial charge is 0.495 e. The highest BCUT2D eigenvalue weighted by atomic mass is 16.5. The van der Waals surface area contributed by atoms with Crippen LogP contribution in [0.4, 0.5) is 10.5 Å². The molecule has 2 rings (SSSR count). The number of aromatic nitrogens is 1. The molecular formula is C9H10N2O3. The summed E-state index contributed by atoms with van der Waals surface area (Å²) < 4.78 is 4.99. The summed E-state index contributed by atoms with van der Waals surface area (Å²) in [5, 5.41) is 8.88. The molecule has 5 nitrogen and oxygen atoms in total. The Labute approximate surface area is 80.9 Å². The van der Waals surface area contributed by atoms with Crippen LogP contribution in [0.3, 0.4) is 0 Å². The summed E-state index contributed by atoms with van der Waals surface area (Å²) in [6.07, 6.45) is 1.33. The average molecular weight is 194 g/mol. The molecular weight excluding hydrogens is 184 g/mol. The van der Waals surface area contributed by atoms with Gasteiger partial charge in [0.1, 0.15) is 5.75 Å². The highest BCUT2D eigenvalue weighted by Crippen LogP contribution is 2.29. The first kappa shape index (κ1) is 8.80. The van der Waals surface area contributed by atoms with Gasteiger partial charge in [-0.25, -0.2) is 4.79 Å². The predicted octanol–water partition coefficient (Wildman–Crippen LogP) is 1.13. The SMILES string of the molecule is COc1cnc2c(c1)N(C(=O)O)CC2. The van der Waals surface area contributed by atoms with Gasteiger partial charge >= 0.3 is 6.09 Å². The number of carboxylic acid groups (broad SMARTS) is 1. The Morgan fingerprint density at radius 3 is 3.14 bits per heavy atom. The van der Waals surface area contributed by atoms with Crippen molar-refractivity contribution >= 4 is 11.8 Å². The third kappa shape index (κ3) is 1.26. The summed E-state index contributed by atoms with van der Waals surface area (Å²) in [5.41, 5.74) is 1.45. The number of methoxy groups -OCH3 is 1. The van der Waals surface area contributed by atoms with Crippen molar-refractivity contribution < 1.29 is 14.6 Å². The van der Waals surface area contributed by atoms with Gasteiger partial charge in [0.2, 0.25) is 0 Å². The zero-order valence-electron chi connectivity index (χ0n) is 7.73. The Morgan fingerprint density at radius 1 is 1.71 bits per heavy atom. The van der Waals surface area contributed by atoms with Crippen LogP contribution in [0.1, 0.15) is 5.69 Å². The molecule has 0 saturated heterocycles. The number of fused-ring (bicyclic) bond motifs is 1. The van der Waals surface area contributed by atoms with Gasteiger partial charge in [-0.05, 0) is 0 Å². The molecule has 0 fully saturated rings. The van der Waals surface area contributed by atoms with Crippen LogP contribution >= 0.6 is 0 Å². The number of pyridine rings is 1. The number of ether oxygens (including phenoxy) is 1. The van der Waals surface area contributed by atoms with E-state index >= 15 is 0 Å². The van der Waals surface area contributed by atoms with Gasteiger partial charge in [0.25, 0.3) is 0 Å². The lowest BCUT2D eigenvalue weighted by molar-refractivity contribution is 0.202. The van der Waals surface area contributed by atoms with Crippen molar-refractivity contribution in [2.75, 3.05) is 18.6 Å². The van der Waals surface area contributed by atoms with E-state index in [9.17, 15) is 4.79 Å². The van der Waals surface area contributed by atoms with E-state index in [0.29, 0.717) is 24.4 Å². The first-order valence-electron chi connectivity index (χ1n) is 4.25. The molecule has 14 heavy (non-hydrogen) atoms. The molecule has 74 valence electrons. The Hall–Kier alpha value is -1.78. The van der Waals surface area contributed by atoms with Crippen LogP contribution in [-0.4, -0.2) is 29.8 Å². The fourth-order valence-corrected chi connectivity index (χ4v) is 1.54. The number of hydrogen-bond acceptors (Lipinski definition) is 3. The van der Waals surface area contributed by atoms with Gasteiger partial charge in [0, 0.05) is 19.0 Å². The number of nitrogens with zero attached hydrogens (tertiary/aromatic N) is 2. The number of amides is 1. The molecule has 1 aromatic heterocycles. The molecule has 0 unspecified atom stereocenters. The Kier molecular flexibility index (Phi) is 1.99. The van der Waals surface area contributed by atoms with Gasteiger partial charge in [-0.2, -0.15) is 0 Å². The second-order valence-corrected chi connectivity index (χ2v) is 3.03. The quantitative estimate of drug-likeness (QED) is 0.727. The van der Waals surface area contributed by atoms with E-state index in [1.54, 1.807) is 12.3 Å². The maximum atomic E-state index is 10.8. The van der Waals surface area contributed by atoms with E-state index < -0.39 is 6.09 Å². The van der Waals surface area contributed by atoms with Crippen molar-refractivity contribution in [1.82, 2.24) is 4.98 Å². The highest BCUT2D eigenvalue weighted by molar-refractivity contribution is 5.88. The van der Waals surface area contributed by atoms with Crippen LogP contribution in [0.5, 0.6) is 5.75 Å². The van der Waals surface area contributed by atoms with E-state index in [1.807, 2.05) is 0 Å². The Balaban J connectivity index is 2.41. The van der Waals surface area contributed by atoms with Gasteiger partial charge in [-0.3, -0.25) is 9.88 Å². The van der Waals surface area contributed by atoms with Crippen molar-refractivity contribution in [3.05, 3.63) is 18.0 Å². The number of rotatable bonds is 1. The van der Waals surface area contributed by atoms with E-state index in [4.69, 9.17) is 9.84 Å². The molecule has 1 aromatic rings. The number of anilines is 1.